The number of carbonyl (C=O) groups is 3. The number of amides is 3. The Hall–Kier alpha value is -3.33. The molecule has 150 valence electrons. The largest absolute Gasteiger partial charge is 0.493 e. The van der Waals surface area contributed by atoms with E-state index in [-0.39, 0.29) is 12.3 Å². The van der Waals surface area contributed by atoms with Crippen LogP contribution in [0.2, 0.25) is 0 Å². The lowest BCUT2D eigenvalue weighted by atomic mass is 10.1. The normalized spacial score (nSPS) is 14.7. The number of imide groups is 1. The number of anilines is 1. The fourth-order valence-electron chi connectivity index (χ4n) is 2.67. The van der Waals surface area contributed by atoms with Crippen LogP contribution in [0.25, 0.3) is 6.08 Å². The molecule has 1 saturated heterocycles. The molecule has 0 aromatic heterocycles. The van der Waals surface area contributed by atoms with E-state index in [1.807, 2.05) is 0 Å². The van der Waals surface area contributed by atoms with Gasteiger partial charge in [0.25, 0.3) is 5.91 Å². The maximum atomic E-state index is 12.7. The molecule has 1 fully saturated rings. The van der Waals surface area contributed by atoms with Crippen molar-refractivity contribution in [2.24, 2.45) is 0 Å². The minimum Gasteiger partial charge on any atom is -0.493 e. The van der Waals surface area contributed by atoms with E-state index in [2.05, 4.69) is 26.0 Å². The first-order valence-electron chi connectivity index (χ1n) is 8.44. The molecule has 3 rings (SSSR count). The molecule has 0 aliphatic carbocycles. The van der Waals surface area contributed by atoms with Crippen molar-refractivity contribution in [2.45, 2.75) is 0 Å². The van der Waals surface area contributed by atoms with Gasteiger partial charge in [0.1, 0.15) is 5.70 Å². The Morgan fingerprint density at radius 3 is 2.55 bits per heavy atom. The van der Waals surface area contributed by atoms with Crippen molar-refractivity contribution in [3.05, 3.63) is 58.2 Å². The molecular weight excluding hydrogens is 444 g/mol. The van der Waals surface area contributed by atoms with Crippen LogP contribution in [0, 0.1) is 0 Å². The lowest BCUT2D eigenvalue weighted by molar-refractivity contribution is -0.142. The number of rotatable bonds is 6. The summed E-state index contributed by atoms with van der Waals surface area (Å²) in [6.45, 7) is -0.285. The van der Waals surface area contributed by atoms with E-state index in [0.29, 0.717) is 27.2 Å². The van der Waals surface area contributed by atoms with Crippen LogP contribution in [0.1, 0.15) is 5.56 Å². The Kier molecular flexibility index (Phi) is 6.18. The van der Waals surface area contributed by atoms with Gasteiger partial charge in [0.2, 0.25) is 0 Å². The molecule has 0 bridgehead atoms. The summed E-state index contributed by atoms with van der Waals surface area (Å²) in [6, 6.07) is 11.4. The van der Waals surface area contributed by atoms with Gasteiger partial charge in [-0.3, -0.25) is 4.79 Å². The van der Waals surface area contributed by atoms with Gasteiger partial charge in [0.15, 0.2) is 18.1 Å². The number of nitrogens with zero attached hydrogens (tertiary/aromatic N) is 1. The van der Waals surface area contributed by atoms with Crippen LogP contribution in [0.3, 0.4) is 0 Å². The minimum atomic E-state index is -0.537. The van der Waals surface area contributed by atoms with Crippen LogP contribution in [-0.4, -0.2) is 38.7 Å². The van der Waals surface area contributed by atoms with Crippen molar-refractivity contribution < 1.29 is 28.6 Å². The van der Waals surface area contributed by atoms with Gasteiger partial charge >= 0.3 is 12.0 Å². The van der Waals surface area contributed by atoms with Crippen LogP contribution >= 0.6 is 15.9 Å². The lowest BCUT2D eigenvalue weighted by Crippen LogP contribution is -2.30. The molecule has 0 spiro atoms. The Balaban J connectivity index is 1.88. The molecule has 2 aromatic rings. The maximum Gasteiger partial charge on any atom is 0.343 e. The third-order valence-corrected chi connectivity index (χ3v) is 4.61. The van der Waals surface area contributed by atoms with Gasteiger partial charge in [0, 0.05) is 0 Å². The monoisotopic (exact) mass is 460 g/mol. The van der Waals surface area contributed by atoms with Crippen molar-refractivity contribution >= 4 is 45.6 Å². The van der Waals surface area contributed by atoms with Gasteiger partial charge in [-0.1, -0.05) is 18.2 Å². The minimum absolute atomic E-state index is 0.121. The van der Waals surface area contributed by atoms with E-state index < -0.39 is 17.9 Å². The molecule has 0 saturated carbocycles. The first kappa shape index (κ1) is 20.4. The number of urea groups is 1. The topological polar surface area (TPSA) is 94.2 Å². The van der Waals surface area contributed by atoms with E-state index in [4.69, 9.17) is 9.47 Å². The fraction of sp³-hybridized carbons (Fsp3) is 0.150. The Labute approximate surface area is 175 Å². The highest BCUT2D eigenvalue weighted by Crippen LogP contribution is 2.37. The van der Waals surface area contributed by atoms with Crippen molar-refractivity contribution in [3.63, 3.8) is 0 Å². The van der Waals surface area contributed by atoms with Gasteiger partial charge < -0.3 is 19.5 Å². The molecule has 1 aliphatic heterocycles. The van der Waals surface area contributed by atoms with Gasteiger partial charge in [-0.25, -0.2) is 14.5 Å². The summed E-state index contributed by atoms with van der Waals surface area (Å²) >= 11 is 3.37. The molecule has 29 heavy (non-hydrogen) atoms. The second-order valence-electron chi connectivity index (χ2n) is 5.86. The van der Waals surface area contributed by atoms with Crippen LogP contribution in [-0.2, 0) is 14.3 Å². The first-order valence-corrected chi connectivity index (χ1v) is 9.23. The number of benzene rings is 2. The molecule has 9 heteroatoms. The number of nitrogens with one attached hydrogen (secondary N) is 1. The summed E-state index contributed by atoms with van der Waals surface area (Å²) in [6.07, 6.45) is 1.53. The Morgan fingerprint density at radius 1 is 1.17 bits per heavy atom. The molecule has 0 atom stereocenters. The molecule has 1 heterocycles. The average Bonchev–Trinajstić information content (AvgIpc) is 3.00. The standard InChI is InChI=1S/C20H17BrN2O6/c1-27-16-10-12(8-14(21)18(16)29-11-17(24)28-2)9-15-19(25)23(20(26)22-15)13-6-4-3-5-7-13/h3-10H,11H2,1-2H3,(H,22,26). The number of para-hydroxylation sites is 1. The molecule has 1 aliphatic rings. The zero-order valence-electron chi connectivity index (χ0n) is 15.6. The molecule has 0 unspecified atom stereocenters. The van der Waals surface area contributed by atoms with Crippen LogP contribution in [0.15, 0.2) is 52.6 Å². The number of hydrogen-bond donors (Lipinski definition) is 1. The maximum absolute atomic E-state index is 12.7. The van der Waals surface area contributed by atoms with Crippen molar-refractivity contribution in [2.75, 3.05) is 25.7 Å². The molecular formula is C20H17BrN2O6. The third-order valence-electron chi connectivity index (χ3n) is 4.02. The highest BCUT2D eigenvalue weighted by atomic mass is 79.9. The van der Waals surface area contributed by atoms with Gasteiger partial charge in [0.05, 0.1) is 24.4 Å². The number of esters is 1. The predicted octanol–water partition coefficient (Wildman–Crippen LogP) is 3.11. The Morgan fingerprint density at radius 2 is 1.90 bits per heavy atom. The first-order chi connectivity index (χ1) is 13.9. The molecule has 3 amide bonds. The van der Waals surface area contributed by atoms with Crippen LogP contribution in [0.5, 0.6) is 11.5 Å². The van der Waals surface area contributed by atoms with E-state index >= 15 is 0 Å². The van der Waals surface area contributed by atoms with Crippen LogP contribution < -0.4 is 19.7 Å². The smallest absolute Gasteiger partial charge is 0.343 e. The summed E-state index contributed by atoms with van der Waals surface area (Å²) in [5.41, 5.74) is 1.18. The molecule has 1 N–H and O–H groups in total. The third kappa shape index (κ3) is 4.40. The van der Waals surface area contributed by atoms with Crippen molar-refractivity contribution in [3.8, 4) is 11.5 Å². The number of ether oxygens (including phenoxy) is 3. The van der Waals surface area contributed by atoms with Crippen molar-refractivity contribution in [1.82, 2.24) is 5.32 Å². The molecule has 0 radical (unpaired) electrons. The number of methoxy groups -OCH3 is 2. The number of halogens is 1. The molecule has 8 nitrogen and oxygen atoms in total. The second kappa shape index (κ2) is 8.78. The zero-order chi connectivity index (χ0) is 21.0. The Bertz CT molecular complexity index is 990. The molecule has 2 aromatic carbocycles. The number of carbonyl (C=O) groups excluding carboxylic acids is 3. The van der Waals surface area contributed by atoms with E-state index in [1.165, 1.54) is 20.3 Å². The predicted molar refractivity (Wildman–Crippen MR) is 109 cm³/mol. The van der Waals surface area contributed by atoms with E-state index in [0.717, 1.165) is 4.90 Å². The summed E-state index contributed by atoms with van der Waals surface area (Å²) < 4.78 is 15.8. The lowest BCUT2D eigenvalue weighted by Gasteiger charge is -2.13. The summed E-state index contributed by atoms with van der Waals surface area (Å²) in [5, 5.41) is 2.57. The highest BCUT2D eigenvalue weighted by Gasteiger charge is 2.34. The quantitative estimate of drug-likeness (QED) is 0.404. The van der Waals surface area contributed by atoms with Gasteiger partial charge in [-0.15, -0.1) is 0 Å². The summed E-state index contributed by atoms with van der Waals surface area (Å²) in [5.74, 6) is -0.354. The number of hydrogen-bond acceptors (Lipinski definition) is 6. The summed E-state index contributed by atoms with van der Waals surface area (Å²) in [7, 11) is 2.71. The van der Waals surface area contributed by atoms with Gasteiger partial charge in [-0.2, -0.15) is 0 Å². The van der Waals surface area contributed by atoms with Crippen molar-refractivity contribution in [1.29, 1.82) is 0 Å². The fourth-order valence-corrected chi connectivity index (χ4v) is 3.24. The summed E-state index contributed by atoms with van der Waals surface area (Å²) in [4.78, 5) is 37.3. The van der Waals surface area contributed by atoms with E-state index in [9.17, 15) is 14.4 Å². The van der Waals surface area contributed by atoms with Gasteiger partial charge in [-0.05, 0) is 51.8 Å². The zero-order valence-corrected chi connectivity index (χ0v) is 17.2. The average molecular weight is 461 g/mol. The second-order valence-corrected chi connectivity index (χ2v) is 6.72. The van der Waals surface area contributed by atoms with E-state index in [1.54, 1.807) is 42.5 Å². The highest BCUT2D eigenvalue weighted by molar-refractivity contribution is 9.10. The van der Waals surface area contributed by atoms with Crippen LogP contribution in [0.4, 0.5) is 10.5 Å². The SMILES string of the molecule is COC(=O)COc1c(Br)cc(C=C2NC(=O)N(c3ccccc3)C2=O)cc1OC.